The number of nitrogens with two attached hydrogens (primary N) is 1. The molecule has 0 fully saturated rings. The molecule has 2 rings (SSSR count). The Morgan fingerprint density at radius 3 is 2.67 bits per heavy atom. The Morgan fingerprint density at radius 1 is 1.24 bits per heavy atom. The summed E-state index contributed by atoms with van der Waals surface area (Å²) in [6.07, 6.45) is 4.71. The van der Waals surface area contributed by atoms with Crippen molar-refractivity contribution >= 4 is 22.4 Å². The van der Waals surface area contributed by atoms with Gasteiger partial charge < -0.3 is 15.5 Å². The third kappa shape index (κ3) is 3.92. The summed E-state index contributed by atoms with van der Waals surface area (Å²) in [5, 5.41) is 1.14. The van der Waals surface area contributed by atoms with Crippen LogP contribution in [-0.2, 0) is 0 Å². The second kappa shape index (κ2) is 7.38. The van der Waals surface area contributed by atoms with Crippen LogP contribution in [0.5, 0.6) is 0 Å². The molecule has 2 aromatic rings. The van der Waals surface area contributed by atoms with E-state index in [4.69, 9.17) is 5.73 Å². The van der Waals surface area contributed by atoms with Crippen LogP contribution < -0.4 is 10.6 Å². The van der Waals surface area contributed by atoms with Gasteiger partial charge in [0, 0.05) is 37.6 Å². The van der Waals surface area contributed by atoms with E-state index in [2.05, 4.69) is 40.2 Å². The number of aromatic nitrogens is 2. The molecule has 0 saturated heterocycles. The molecule has 0 radical (unpaired) electrons. The highest BCUT2D eigenvalue weighted by atomic mass is 32.1. The first-order chi connectivity index (χ1) is 10.1. The van der Waals surface area contributed by atoms with Gasteiger partial charge in [0.25, 0.3) is 0 Å². The van der Waals surface area contributed by atoms with Crippen molar-refractivity contribution in [1.82, 2.24) is 14.3 Å². The quantitative estimate of drug-likeness (QED) is 0.852. The monoisotopic (exact) mass is 305 g/mol. The molecule has 0 amide bonds. The topological polar surface area (TPSA) is 58.3 Å². The first-order valence-corrected chi connectivity index (χ1v) is 7.96. The van der Waals surface area contributed by atoms with Gasteiger partial charge in [-0.25, -0.2) is 0 Å². The van der Waals surface area contributed by atoms with E-state index in [1.165, 1.54) is 11.5 Å². The fourth-order valence-corrected chi connectivity index (χ4v) is 3.08. The summed E-state index contributed by atoms with van der Waals surface area (Å²) in [7, 11) is 4.18. The summed E-state index contributed by atoms with van der Waals surface area (Å²) in [4.78, 5) is 8.76. The van der Waals surface area contributed by atoms with Gasteiger partial charge in [0.2, 0.25) is 0 Å². The van der Waals surface area contributed by atoms with Crippen molar-refractivity contribution in [2.75, 3.05) is 44.4 Å². The maximum Gasteiger partial charge on any atom is 0.147 e. The van der Waals surface area contributed by atoms with Crippen molar-refractivity contribution in [3.63, 3.8) is 0 Å². The minimum atomic E-state index is 0.592. The lowest BCUT2D eigenvalue weighted by atomic mass is 10.1. The molecule has 0 unspecified atom stereocenters. The number of anilines is 2. The van der Waals surface area contributed by atoms with Crippen LogP contribution in [0.1, 0.15) is 13.3 Å². The maximum absolute atomic E-state index is 6.10. The Kier molecular flexibility index (Phi) is 5.52. The second-order valence-corrected chi connectivity index (χ2v) is 6.03. The molecule has 0 aliphatic carbocycles. The fraction of sp³-hybridized carbons (Fsp3) is 0.467. The zero-order chi connectivity index (χ0) is 15.2. The van der Waals surface area contributed by atoms with Gasteiger partial charge in [0.1, 0.15) is 10.8 Å². The van der Waals surface area contributed by atoms with Gasteiger partial charge in [-0.1, -0.05) is 13.0 Å². The molecule has 21 heavy (non-hydrogen) atoms. The van der Waals surface area contributed by atoms with E-state index in [1.807, 2.05) is 18.3 Å². The lowest BCUT2D eigenvalue weighted by Gasteiger charge is -2.25. The average molecular weight is 305 g/mol. The van der Waals surface area contributed by atoms with E-state index in [-0.39, 0.29) is 0 Å². The van der Waals surface area contributed by atoms with Crippen LogP contribution in [0.15, 0.2) is 24.5 Å². The molecular weight excluding hydrogens is 282 g/mol. The summed E-state index contributed by atoms with van der Waals surface area (Å²) in [6, 6.07) is 3.97. The van der Waals surface area contributed by atoms with E-state index >= 15 is 0 Å². The van der Waals surface area contributed by atoms with Crippen LogP contribution >= 0.6 is 11.5 Å². The molecule has 2 heterocycles. The minimum absolute atomic E-state index is 0.592. The third-order valence-electron chi connectivity index (χ3n) is 3.25. The number of likely N-dealkylation sites (N-methyl/N-ethyl adjacent to an activating group) is 1. The van der Waals surface area contributed by atoms with Crippen molar-refractivity contribution in [2.24, 2.45) is 0 Å². The Bertz CT molecular complexity index is 552. The number of hydrogen-bond acceptors (Lipinski definition) is 6. The number of rotatable bonds is 7. The number of hydrogen-bond donors (Lipinski definition) is 1. The molecule has 114 valence electrons. The van der Waals surface area contributed by atoms with Gasteiger partial charge in [-0.15, -0.1) is 0 Å². The SMILES string of the molecule is CCCN(CCN(C)C)c1snc(N)c1-c1cccnc1. The van der Waals surface area contributed by atoms with Crippen molar-refractivity contribution in [2.45, 2.75) is 13.3 Å². The predicted molar refractivity (Wildman–Crippen MR) is 90.8 cm³/mol. The molecule has 0 bridgehead atoms. The van der Waals surface area contributed by atoms with E-state index in [0.29, 0.717) is 5.82 Å². The standard InChI is InChI=1S/C15H23N5S/c1-4-8-20(10-9-19(2)3)15-13(14(16)18-21-15)12-6-5-7-17-11-12/h5-7,11H,4,8-10H2,1-3H3,(H2,16,18). The van der Waals surface area contributed by atoms with Crippen molar-refractivity contribution in [1.29, 1.82) is 0 Å². The lowest BCUT2D eigenvalue weighted by Crippen LogP contribution is -2.32. The molecule has 0 saturated carbocycles. The summed E-state index contributed by atoms with van der Waals surface area (Å²) < 4.78 is 4.36. The number of nitrogen functional groups attached to an aromatic ring is 1. The Hall–Kier alpha value is -1.66. The largest absolute Gasteiger partial charge is 0.382 e. The summed E-state index contributed by atoms with van der Waals surface area (Å²) in [5.41, 5.74) is 8.14. The molecule has 0 aliphatic rings. The molecule has 0 aromatic carbocycles. The van der Waals surface area contributed by atoms with Gasteiger partial charge in [-0.3, -0.25) is 4.98 Å². The van der Waals surface area contributed by atoms with Gasteiger partial charge in [0.15, 0.2) is 0 Å². The van der Waals surface area contributed by atoms with Gasteiger partial charge >= 0.3 is 0 Å². The van der Waals surface area contributed by atoms with E-state index in [1.54, 1.807) is 6.20 Å². The Morgan fingerprint density at radius 2 is 2.05 bits per heavy atom. The minimum Gasteiger partial charge on any atom is -0.382 e. The van der Waals surface area contributed by atoms with E-state index in [0.717, 1.165) is 42.2 Å². The first kappa shape index (κ1) is 15.7. The zero-order valence-electron chi connectivity index (χ0n) is 12.9. The first-order valence-electron chi connectivity index (χ1n) is 7.18. The number of pyridine rings is 1. The molecule has 5 nitrogen and oxygen atoms in total. The fourth-order valence-electron chi connectivity index (χ4n) is 2.20. The van der Waals surface area contributed by atoms with Crippen LogP contribution in [0.3, 0.4) is 0 Å². The molecular formula is C15H23N5S. The Labute approximate surface area is 130 Å². The van der Waals surface area contributed by atoms with Crippen molar-refractivity contribution in [3.8, 4) is 11.1 Å². The summed E-state index contributed by atoms with van der Waals surface area (Å²) in [5.74, 6) is 0.592. The third-order valence-corrected chi connectivity index (χ3v) is 4.17. The van der Waals surface area contributed by atoms with Crippen LogP contribution in [0.2, 0.25) is 0 Å². The highest BCUT2D eigenvalue weighted by Crippen LogP contribution is 2.38. The van der Waals surface area contributed by atoms with Crippen LogP contribution in [0.25, 0.3) is 11.1 Å². The molecule has 0 spiro atoms. The lowest BCUT2D eigenvalue weighted by molar-refractivity contribution is 0.413. The highest BCUT2D eigenvalue weighted by molar-refractivity contribution is 7.11. The molecule has 0 aliphatic heterocycles. The zero-order valence-corrected chi connectivity index (χ0v) is 13.7. The van der Waals surface area contributed by atoms with E-state index < -0.39 is 0 Å². The van der Waals surface area contributed by atoms with Crippen LogP contribution in [-0.4, -0.2) is 48.0 Å². The second-order valence-electron chi connectivity index (χ2n) is 5.28. The highest BCUT2D eigenvalue weighted by Gasteiger charge is 2.19. The predicted octanol–water partition coefficient (Wildman–Crippen LogP) is 2.57. The maximum atomic E-state index is 6.10. The Balaban J connectivity index is 2.33. The smallest absolute Gasteiger partial charge is 0.147 e. The van der Waals surface area contributed by atoms with Crippen LogP contribution in [0.4, 0.5) is 10.8 Å². The van der Waals surface area contributed by atoms with E-state index in [9.17, 15) is 0 Å². The van der Waals surface area contributed by atoms with Gasteiger partial charge in [-0.05, 0) is 38.1 Å². The summed E-state index contributed by atoms with van der Waals surface area (Å²) >= 11 is 1.48. The molecule has 0 atom stereocenters. The van der Waals surface area contributed by atoms with Gasteiger partial charge in [-0.2, -0.15) is 4.37 Å². The number of nitrogens with zero attached hydrogens (tertiary/aromatic N) is 4. The van der Waals surface area contributed by atoms with Crippen molar-refractivity contribution < 1.29 is 0 Å². The van der Waals surface area contributed by atoms with Crippen LogP contribution in [0, 0.1) is 0 Å². The van der Waals surface area contributed by atoms with Gasteiger partial charge in [0.05, 0.1) is 5.56 Å². The summed E-state index contributed by atoms with van der Waals surface area (Å²) in [6.45, 7) is 5.17. The normalized spacial score (nSPS) is 11.0. The van der Waals surface area contributed by atoms with Crippen molar-refractivity contribution in [3.05, 3.63) is 24.5 Å². The molecule has 2 N–H and O–H groups in total. The molecule has 6 heteroatoms. The average Bonchev–Trinajstić information content (AvgIpc) is 2.86. The molecule has 2 aromatic heterocycles.